The van der Waals surface area contributed by atoms with Crippen molar-refractivity contribution in [1.29, 1.82) is 0 Å². The number of hydrogen-bond donors (Lipinski definition) is 2. The molecule has 0 aromatic heterocycles. The van der Waals surface area contributed by atoms with Crippen molar-refractivity contribution in [3.05, 3.63) is 30.1 Å². The van der Waals surface area contributed by atoms with Crippen molar-refractivity contribution in [2.75, 3.05) is 33.7 Å². The normalized spacial score (nSPS) is 12.4. The molecule has 1 aromatic carbocycles. The minimum absolute atomic E-state index is 0.0665. The van der Waals surface area contributed by atoms with Crippen LogP contribution in [0.1, 0.15) is 26.7 Å². The van der Waals surface area contributed by atoms with Crippen LogP contribution < -0.4 is 15.4 Å². The zero-order chi connectivity index (χ0) is 18.7. The first-order valence-corrected chi connectivity index (χ1v) is 8.57. The molecule has 0 saturated heterocycles. The average Bonchev–Trinajstić information content (AvgIpc) is 2.58. The minimum Gasteiger partial charge on any atom is -0.486 e. The van der Waals surface area contributed by atoms with Crippen LogP contribution in [0.2, 0.25) is 0 Å². The van der Waals surface area contributed by atoms with E-state index >= 15 is 0 Å². The summed E-state index contributed by atoms with van der Waals surface area (Å²) in [6.45, 7) is 5.21. The van der Waals surface area contributed by atoms with Gasteiger partial charge in [0.1, 0.15) is 12.6 Å². The van der Waals surface area contributed by atoms with E-state index in [1.54, 1.807) is 32.3 Å². The molecule has 0 heterocycles. The molecule has 1 rings (SSSR count). The van der Waals surface area contributed by atoms with E-state index in [9.17, 15) is 9.18 Å². The molecule has 0 aliphatic rings. The Morgan fingerprint density at radius 2 is 2.04 bits per heavy atom. The number of likely N-dealkylation sites (N-methyl/N-ethyl adjacent to an activating group) is 1. The fourth-order valence-electron chi connectivity index (χ4n) is 1.89. The number of halogens is 1. The number of carbonyl (C=O) groups excluding carboxylic acids is 1. The lowest BCUT2D eigenvalue weighted by Gasteiger charge is -2.18. The number of hydrogen-bond acceptors (Lipinski definition) is 3. The third-order valence-electron chi connectivity index (χ3n) is 3.42. The number of benzene rings is 1. The number of rotatable bonds is 9. The number of amides is 1. The molecule has 7 heteroatoms. The van der Waals surface area contributed by atoms with Gasteiger partial charge in [-0.1, -0.05) is 25.5 Å². The molecular weight excluding hydrogens is 323 g/mol. The van der Waals surface area contributed by atoms with Crippen LogP contribution in [-0.4, -0.2) is 56.6 Å². The van der Waals surface area contributed by atoms with Crippen LogP contribution in [0.3, 0.4) is 0 Å². The van der Waals surface area contributed by atoms with Gasteiger partial charge in [0, 0.05) is 20.6 Å². The monoisotopic (exact) mass is 352 g/mol. The summed E-state index contributed by atoms with van der Waals surface area (Å²) < 4.78 is 19.2. The van der Waals surface area contributed by atoms with Gasteiger partial charge >= 0.3 is 0 Å². The van der Waals surface area contributed by atoms with Gasteiger partial charge < -0.3 is 20.3 Å². The number of nitrogens with zero attached hydrogens (tertiary/aromatic N) is 2. The zero-order valence-electron chi connectivity index (χ0n) is 15.5. The minimum atomic E-state index is -0.388. The van der Waals surface area contributed by atoms with Crippen molar-refractivity contribution in [3.8, 4) is 5.75 Å². The predicted molar refractivity (Wildman–Crippen MR) is 98.4 cm³/mol. The highest BCUT2D eigenvalue weighted by Gasteiger charge is 2.10. The van der Waals surface area contributed by atoms with Crippen molar-refractivity contribution in [2.24, 2.45) is 4.99 Å². The molecule has 140 valence electrons. The summed E-state index contributed by atoms with van der Waals surface area (Å²) >= 11 is 0. The Balaban J connectivity index is 2.56. The van der Waals surface area contributed by atoms with Crippen molar-refractivity contribution < 1.29 is 13.9 Å². The molecule has 0 bridgehead atoms. The van der Waals surface area contributed by atoms with E-state index in [4.69, 9.17) is 4.74 Å². The first-order chi connectivity index (χ1) is 11.9. The lowest BCUT2D eigenvalue weighted by atomic mass is 10.3. The quantitative estimate of drug-likeness (QED) is 0.405. The lowest BCUT2D eigenvalue weighted by molar-refractivity contribution is -0.127. The van der Waals surface area contributed by atoms with Gasteiger partial charge in [-0.3, -0.25) is 4.79 Å². The maximum Gasteiger partial charge on any atom is 0.243 e. The van der Waals surface area contributed by atoms with E-state index < -0.39 is 0 Å². The third kappa shape index (κ3) is 8.37. The molecular formula is C18H29FN4O2. The van der Waals surface area contributed by atoms with E-state index in [0.717, 1.165) is 19.4 Å². The Morgan fingerprint density at radius 3 is 2.68 bits per heavy atom. The number of guanidine groups is 1. The molecule has 0 aliphatic heterocycles. The Labute approximate surface area is 149 Å². The largest absolute Gasteiger partial charge is 0.486 e. The molecule has 6 nitrogen and oxygen atoms in total. The summed E-state index contributed by atoms with van der Waals surface area (Å²) in [4.78, 5) is 17.5. The molecule has 1 amide bonds. The highest BCUT2D eigenvalue weighted by molar-refractivity contribution is 5.84. The van der Waals surface area contributed by atoms with E-state index in [-0.39, 0.29) is 30.1 Å². The van der Waals surface area contributed by atoms with Crippen molar-refractivity contribution >= 4 is 11.9 Å². The number of ether oxygens (including phenoxy) is 1. The predicted octanol–water partition coefficient (Wildman–Crippen LogP) is 2.02. The molecule has 0 radical (unpaired) electrons. The molecule has 0 fully saturated rings. The van der Waals surface area contributed by atoms with Gasteiger partial charge in [0.25, 0.3) is 0 Å². The number of para-hydroxylation sites is 1. The Bertz CT molecular complexity index is 564. The summed E-state index contributed by atoms with van der Waals surface area (Å²) in [5.74, 6) is 0.304. The summed E-state index contributed by atoms with van der Waals surface area (Å²) in [6, 6.07) is 6.30. The maximum atomic E-state index is 13.6. The fraction of sp³-hybridized carbons (Fsp3) is 0.556. The van der Waals surface area contributed by atoms with Crippen LogP contribution in [-0.2, 0) is 4.79 Å². The topological polar surface area (TPSA) is 66.0 Å². The van der Waals surface area contributed by atoms with Crippen LogP contribution in [0.25, 0.3) is 0 Å². The van der Waals surface area contributed by atoms with E-state index in [1.807, 2.05) is 6.92 Å². The second kappa shape index (κ2) is 11.3. The molecule has 0 aliphatic carbocycles. The van der Waals surface area contributed by atoms with Crippen LogP contribution >= 0.6 is 0 Å². The van der Waals surface area contributed by atoms with Gasteiger partial charge in [0.15, 0.2) is 17.5 Å². The zero-order valence-corrected chi connectivity index (χ0v) is 15.5. The molecule has 2 N–H and O–H groups in total. The van der Waals surface area contributed by atoms with Gasteiger partial charge in [-0.2, -0.15) is 0 Å². The Hall–Kier alpha value is -2.31. The van der Waals surface area contributed by atoms with Gasteiger partial charge in [-0.25, -0.2) is 9.38 Å². The summed E-state index contributed by atoms with van der Waals surface area (Å²) in [5, 5.41) is 6.32. The highest BCUT2D eigenvalue weighted by atomic mass is 19.1. The average molecular weight is 352 g/mol. The van der Waals surface area contributed by atoms with Gasteiger partial charge in [-0.05, 0) is 25.5 Å². The van der Waals surface area contributed by atoms with Crippen molar-refractivity contribution in [3.63, 3.8) is 0 Å². The van der Waals surface area contributed by atoms with Crippen LogP contribution in [0.4, 0.5) is 4.39 Å². The van der Waals surface area contributed by atoms with Gasteiger partial charge in [0.2, 0.25) is 5.91 Å². The van der Waals surface area contributed by atoms with Crippen molar-refractivity contribution in [2.45, 2.75) is 32.8 Å². The Kier molecular flexibility index (Phi) is 9.36. The Morgan fingerprint density at radius 1 is 1.32 bits per heavy atom. The summed E-state index contributed by atoms with van der Waals surface area (Å²) in [7, 11) is 3.39. The lowest BCUT2D eigenvalue weighted by Crippen LogP contribution is -2.43. The number of aliphatic imine (C=N–C) groups is 1. The second-order valence-corrected chi connectivity index (χ2v) is 5.97. The molecule has 0 spiro atoms. The van der Waals surface area contributed by atoms with E-state index in [2.05, 4.69) is 22.5 Å². The highest BCUT2D eigenvalue weighted by Crippen LogP contribution is 2.16. The molecule has 1 aromatic rings. The number of unbranched alkanes of at least 4 members (excludes halogenated alkanes) is 1. The maximum absolute atomic E-state index is 13.6. The molecule has 1 atom stereocenters. The van der Waals surface area contributed by atoms with Crippen molar-refractivity contribution in [1.82, 2.24) is 15.5 Å². The second-order valence-electron chi connectivity index (χ2n) is 5.97. The first-order valence-electron chi connectivity index (χ1n) is 8.57. The number of carbonyl (C=O) groups is 1. The molecule has 25 heavy (non-hydrogen) atoms. The third-order valence-corrected chi connectivity index (χ3v) is 3.42. The SMILES string of the molecule is CCCCNC(=NCC(=O)N(C)C)NCC(C)Oc1ccccc1F. The summed E-state index contributed by atoms with van der Waals surface area (Å²) in [5.41, 5.74) is 0. The van der Waals surface area contributed by atoms with Gasteiger partial charge in [-0.15, -0.1) is 0 Å². The standard InChI is InChI=1S/C18H29FN4O2/c1-5-6-11-20-18(22-13-17(24)23(3)4)21-12-14(2)25-16-10-8-7-9-15(16)19/h7-10,14H,5-6,11-13H2,1-4H3,(H2,20,21,22). The smallest absolute Gasteiger partial charge is 0.243 e. The van der Waals surface area contributed by atoms with Crippen LogP contribution in [0, 0.1) is 5.82 Å². The molecule has 0 saturated carbocycles. The van der Waals surface area contributed by atoms with E-state index in [0.29, 0.717) is 12.5 Å². The van der Waals surface area contributed by atoms with Gasteiger partial charge in [0.05, 0.1) is 6.54 Å². The first kappa shape index (κ1) is 20.7. The van der Waals surface area contributed by atoms with Crippen LogP contribution in [0.15, 0.2) is 29.3 Å². The van der Waals surface area contributed by atoms with E-state index in [1.165, 1.54) is 11.0 Å². The summed E-state index contributed by atoms with van der Waals surface area (Å²) in [6.07, 6.45) is 1.80. The number of nitrogens with one attached hydrogen (secondary N) is 2. The fourth-order valence-corrected chi connectivity index (χ4v) is 1.89. The molecule has 1 unspecified atom stereocenters. The van der Waals surface area contributed by atoms with Crippen LogP contribution in [0.5, 0.6) is 5.75 Å².